The van der Waals surface area contributed by atoms with E-state index in [0.29, 0.717) is 19.4 Å². The summed E-state index contributed by atoms with van der Waals surface area (Å²) in [5, 5.41) is 11.8. The van der Waals surface area contributed by atoms with Crippen molar-refractivity contribution in [1.82, 2.24) is 5.32 Å². The Balaban J connectivity index is 2.45. The lowest BCUT2D eigenvalue weighted by molar-refractivity contribution is -0.122. The quantitative estimate of drug-likeness (QED) is 0.729. The van der Waals surface area contributed by atoms with Crippen LogP contribution in [0.5, 0.6) is 5.75 Å². The number of methoxy groups -OCH3 is 2. The molecule has 1 aromatic rings. The fourth-order valence-corrected chi connectivity index (χ4v) is 1.80. The van der Waals surface area contributed by atoms with Crippen molar-refractivity contribution in [3.05, 3.63) is 29.8 Å². The number of ether oxygens (including phenoxy) is 2. The monoisotopic (exact) mass is 267 g/mol. The van der Waals surface area contributed by atoms with Gasteiger partial charge in [-0.25, -0.2) is 0 Å². The molecule has 0 heterocycles. The number of carbonyl (C=O) groups excluding carboxylic acids is 1. The summed E-state index contributed by atoms with van der Waals surface area (Å²) in [6.07, 6.45) is 0.946. The first-order valence-corrected chi connectivity index (χ1v) is 6.22. The van der Waals surface area contributed by atoms with Crippen LogP contribution in [0.2, 0.25) is 0 Å². The molecular weight excluding hydrogens is 246 g/mol. The zero-order valence-electron chi connectivity index (χ0n) is 11.4. The van der Waals surface area contributed by atoms with Gasteiger partial charge in [0.15, 0.2) is 0 Å². The van der Waals surface area contributed by atoms with Crippen LogP contribution in [-0.2, 0) is 16.0 Å². The minimum atomic E-state index is -0.352. The highest BCUT2D eigenvalue weighted by Gasteiger charge is 2.11. The molecule has 0 aliphatic rings. The number of aryl methyl sites for hydroxylation is 1. The molecule has 5 heteroatoms. The fraction of sp³-hybridized carbons (Fsp3) is 0.500. The number of para-hydroxylation sites is 1. The van der Waals surface area contributed by atoms with E-state index >= 15 is 0 Å². The van der Waals surface area contributed by atoms with Crippen LogP contribution in [0.1, 0.15) is 12.0 Å². The van der Waals surface area contributed by atoms with Gasteiger partial charge in [-0.05, 0) is 18.1 Å². The maximum atomic E-state index is 11.7. The summed E-state index contributed by atoms with van der Waals surface area (Å²) in [5.74, 6) is 0.674. The molecule has 1 aromatic carbocycles. The molecule has 1 atom stereocenters. The molecule has 0 spiro atoms. The molecule has 0 fully saturated rings. The highest BCUT2D eigenvalue weighted by atomic mass is 16.5. The number of amides is 1. The molecule has 1 rings (SSSR count). The van der Waals surface area contributed by atoms with Gasteiger partial charge < -0.3 is 19.9 Å². The van der Waals surface area contributed by atoms with Crippen LogP contribution in [0.25, 0.3) is 0 Å². The Morgan fingerprint density at radius 2 is 2.11 bits per heavy atom. The van der Waals surface area contributed by atoms with E-state index in [1.807, 2.05) is 24.3 Å². The van der Waals surface area contributed by atoms with Crippen molar-refractivity contribution >= 4 is 5.91 Å². The molecule has 0 radical (unpaired) electrons. The van der Waals surface area contributed by atoms with Gasteiger partial charge in [0.25, 0.3) is 0 Å². The smallest absolute Gasteiger partial charge is 0.220 e. The normalized spacial score (nSPS) is 11.9. The molecule has 0 aliphatic carbocycles. The highest BCUT2D eigenvalue weighted by Crippen LogP contribution is 2.18. The van der Waals surface area contributed by atoms with Crippen LogP contribution < -0.4 is 10.1 Å². The van der Waals surface area contributed by atoms with Crippen molar-refractivity contribution in [2.45, 2.75) is 18.9 Å². The first-order chi connectivity index (χ1) is 9.21. The third-order valence-corrected chi connectivity index (χ3v) is 2.77. The second kappa shape index (κ2) is 8.50. The second-order valence-corrected chi connectivity index (χ2v) is 4.21. The number of aliphatic hydroxyl groups excluding tert-OH is 1. The van der Waals surface area contributed by atoms with Crippen LogP contribution in [0.4, 0.5) is 0 Å². The molecule has 0 aromatic heterocycles. The van der Waals surface area contributed by atoms with Gasteiger partial charge in [0.2, 0.25) is 5.91 Å². The van der Waals surface area contributed by atoms with E-state index in [2.05, 4.69) is 5.32 Å². The number of carbonyl (C=O) groups is 1. The predicted molar refractivity (Wildman–Crippen MR) is 72.2 cm³/mol. The summed E-state index contributed by atoms with van der Waals surface area (Å²) in [7, 11) is 3.14. The van der Waals surface area contributed by atoms with Crippen molar-refractivity contribution in [3.8, 4) is 5.75 Å². The number of rotatable bonds is 8. The molecule has 0 saturated carbocycles. The Bertz CT molecular complexity index is 395. The lowest BCUT2D eigenvalue weighted by atomic mass is 10.1. The second-order valence-electron chi connectivity index (χ2n) is 4.21. The number of aliphatic hydroxyl groups is 1. The Morgan fingerprint density at radius 1 is 1.37 bits per heavy atom. The minimum absolute atomic E-state index is 0.109. The summed E-state index contributed by atoms with van der Waals surface area (Å²) in [6, 6.07) is 7.26. The lowest BCUT2D eigenvalue weighted by Gasteiger charge is -2.15. The Hall–Kier alpha value is -1.59. The van der Waals surface area contributed by atoms with E-state index in [0.717, 1.165) is 11.3 Å². The van der Waals surface area contributed by atoms with Crippen molar-refractivity contribution in [2.75, 3.05) is 27.4 Å². The number of nitrogens with one attached hydrogen (secondary N) is 1. The molecular formula is C14H21NO4. The SMILES string of the molecule is COCC(CO)NC(=O)CCc1ccccc1OC. The predicted octanol–water partition coefficient (Wildman–Crippen LogP) is 0.751. The maximum absolute atomic E-state index is 11.7. The van der Waals surface area contributed by atoms with Crippen molar-refractivity contribution < 1.29 is 19.4 Å². The van der Waals surface area contributed by atoms with Crippen LogP contribution >= 0.6 is 0 Å². The van der Waals surface area contributed by atoms with Crippen molar-refractivity contribution in [1.29, 1.82) is 0 Å². The van der Waals surface area contributed by atoms with E-state index < -0.39 is 0 Å². The van der Waals surface area contributed by atoms with Gasteiger partial charge in [-0.15, -0.1) is 0 Å². The van der Waals surface area contributed by atoms with Crippen molar-refractivity contribution in [3.63, 3.8) is 0 Å². The standard InChI is InChI=1S/C14H21NO4/c1-18-10-12(9-16)15-14(17)8-7-11-5-3-4-6-13(11)19-2/h3-6,12,16H,7-10H2,1-2H3,(H,15,17). The molecule has 0 saturated heterocycles. The number of hydrogen-bond acceptors (Lipinski definition) is 4. The van der Waals surface area contributed by atoms with Gasteiger partial charge in [-0.1, -0.05) is 18.2 Å². The summed E-state index contributed by atoms with van der Waals surface area (Å²) in [5.41, 5.74) is 0.993. The molecule has 0 bridgehead atoms. The van der Waals surface area contributed by atoms with E-state index in [-0.39, 0.29) is 18.6 Å². The molecule has 0 aliphatic heterocycles. The van der Waals surface area contributed by atoms with Crippen LogP contribution in [0, 0.1) is 0 Å². The zero-order valence-corrected chi connectivity index (χ0v) is 11.4. The molecule has 5 nitrogen and oxygen atoms in total. The van der Waals surface area contributed by atoms with E-state index in [1.165, 1.54) is 7.11 Å². The summed E-state index contributed by atoms with van der Waals surface area (Å²) in [4.78, 5) is 11.7. The topological polar surface area (TPSA) is 67.8 Å². The van der Waals surface area contributed by atoms with Gasteiger partial charge in [0, 0.05) is 13.5 Å². The molecule has 1 amide bonds. The average molecular weight is 267 g/mol. The summed E-state index contributed by atoms with van der Waals surface area (Å²) < 4.78 is 10.1. The highest BCUT2D eigenvalue weighted by molar-refractivity contribution is 5.76. The molecule has 19 heavy (non-hydrogen) atoms. The van der Waals surface area contributed by atoms with Crippen molar-refractivity contribution in [2.24, 2.45) is 0 Å². The van der Waals surface area contributed by atoms with Gasteiger partial charge in [-0.2, -0.15) is 0 Å². The fourth-order valence-electron chi connectivity index (χ4n) is 1.80. The third kappa shape index (κ3) is 5.28. The Morgan fingerprint density at radius 3 is 2.74 bits per heavy atom. The van der Waals surface area contributed by atoms with Gasteiger partial charge in [-0.3, -0.25) is 4.79 Å². The largest absolute Gasteiger partial charge is 0.496 e. The van der Waals surface area contributed by atoms with Crippen LogP contribution in [-0.4, -0.2) is 44.5 Å². The summed E-state index contributed by atoms with van der Waals surface area (Å²) in [6.45, 7) is 0.172. The van der Waals surface area contributed by atoms with Crippen LogP contribution in [0.3, 0.4) is 0 Å². The molecule has 2 N–H and O–H groups in total. The minimum Gasteiger partial charge on any atom is -0.496 e. The maximum Gasteiger partial charge on any atom is 0.220 e. The Labute approximate surface area is 113 Å². The average Bonchev–Trinajstić information content (AvgIpc) is 2.44. The van der Waals surface area contributed by atoms with E-state index in [9.17, 15) is 4.79 Å². The van der Waals surface area contributed by atoms with Gasteiger partial charge >= 0.3 is 0 Å². The Kier molecular flexibility index (Phi) is 6.92. The first kappa shape index (κ1) is 15.5. The van der Waals surface area contributed by atoms with Gasteiger partial charge in [0.05, 0.1) is 26.4 Å². The molecule has 106 valence electrons. The molecule has 1 unspecified atom stereocenters. The van der Waals surface area contributed by atoms with E-state index in [4.69, 9.17) is 14.6 Å². The lowest BCUT2D eigenvalue weighted by Crippen LogP contribution is -2.40. The van der Waals surface area contributed by atoms with Gasteiger partial charge in [0.1, 0.15) is 5.75 Å². The third-order valence-electron chi connectivity index (χ3n) is 2.77. The van der Waals surface area contributed by atoms with Crippen LogP contribution in [0.15, 0.2) is 24.3 Å². The number of benzene rings is 1. The zero-order chi connectivity index (χ0) is 14.1. The van der Waals surface area contributed by atoms with E-state index in [1.54, 1.807) is 7.11 Å². The number of hydrogen-bond donors (Lipinski definition) is 2. The first-order valence-electron chi connectivity index (χ1n) is 6.22. The summed E-state index contributed by atoms with van der Waals surface area (Å²) >= 11 is 0.